The molecule has 4 rings (SSSR count). The number of fused-ring (bicyclic) bond motifs is 1. The second kappa shape index (κ2) is 7.52. The smallest absolute Gasteiger partial charge is 0.254 e. The number of rotatable bonds is 3. The van der Waals surface area contributed by atoms with Gasteiger partial charge in [-0.05, 0) is 43.0 Å². The van der Waals surface area contributed by atoms with Crippen LogP contribution in [0.3, 0.4) is 0 Å². The van der Waals surface area contributed by atoms with E-state index in [1.165, 1.54) is 6.42 Å². The van der Waals surface area contributed by atoms with Crippen molar-refractivity contribution in [2.45, 2.75) is 19.3 Å². The minimum atomic E-state index is 0.123. The van der Waals surface area contributed by atoms with Crippen LogP contribution in [-0.2, 0) is 0 Å². The number of carbonyl (C=O) groups is 1. The van der Waals surface area contributed by atoms with Crippen molar-refractivity contribution in [1.29, 1.82) is 0 Å². The molecule has 2 heterocycles. The first-order chi connectivity index (χ1) is 12.8. The fourth-order valence-electron chi connectivity index (χ4n) is 3.47. The van der Waals surface area contributed by atoms with E-state index in [1.54, 1.807) is 0 Å². The van der Waals surface area contributed by atoms with Crippen molar-refractivity contribution in [2.75, 3.05) is 13.1 Å². The van der Waals surface area contributed by atoms with E-state index >= 15 is 0 Å². The predicted molar refractivity (Wildman–Crippen MR) is 107 cm³/mol. The third kappa shape index (κ3) is 3.52. The first-order valence-corrected chi connectivity index (χ1v) is 9.23. The van der Waals surface area contributed by atoms with Crippen molar-refractivity contribution in [3.8, 4) is 0 Å². The van der Waals surface area contributed by atoms with Crippen LogP contribution in [0.1, 0.15) is 40.9 Å². The summed E-state index contributed by atoms with van der Waals surface area (Å²) in [7, 11) is 0. The molecular formula is C23H22N2O. The largest absolute Gasteiger partial charge is 0.339 e. The van der Waals surface area contributed by atoms with Crippen molar-refractivity contribution in [3.63, 3.8) is 0 Å². The van der Waals surface area contributed by atoms with Crippen LogP contribution >= 0.6 is 0 Å². The normalized spacial score (nSPS) is 14.8. The fraction of sp³-hybridized carbons (Fsp3) is 0.217. The maximum absolute atomic E-state index is 13.1. The second-order valence-corrected chi connectivity index (χ2v) is 6.71. The molecule has 1 fully saturated rings. The number of likely N-dealkylation sites (tertiary alicyclic amines) is 1. The van der Waals surface area contributed by atoms with Gasteiger partial charge in [0.05, 0.1) is 16.8 Å². The first kappa shape index (κ1) is 16.5. The summed E-state index contributed by atoms with van der Waals surface area (Å²) >= 11 is 0. The summed E-state index contributed by atoms with van der Waals surface area (Å²) in [4.78, 5) is 19.8. The van der Waals surface area contributed by atoms with Gasteiger partial charge in [-0.1, -0.05) is 54.6 Å². The Labute approximate surface area is 154 Å². The second-order valence-electron chi connectivity index (χ2n) is 6.71. The monoisotopic (exact) mass is 342 g/mol. The maximum atomic E-state index is 13.1. The minimum Gasteiger partial charge on any atom is -0.339 e. The Balaban J connectivity index is 1.73. The van der Waals surface area contributed by atoms with Gasteiger partial charge in [0.25, 0.3) is 5.91 Å². The van der Waals surface area contributed by atoms with Crippen LogP contribution < -0.4 is 0 Å². The Morgan fingerprint density at radius 1 is 0.885 bits per heavy atom. The van der Waals surface area contributed by atoms with E-state index in [0.717, 1.165) is 53.7 Å². The molecule has 3 heteroatoms. The van der Waals surface area contributed by atoms with E-state index < -0.39 is 0 Å². The van der Waals surface area contributed by atoms with Gasteiger partial charge in [-0.2, -0.15) is 0 Å². The molecule has 1 aliphatic rings. The van der Waals surface area contributed by atoms with Gasteiger partial charge in [0.15, 0.2) is 0 Å². The number of hydrogen-bond donors (Lipinski definition) is 0. The molecule has 0 saturated carbocycles. The van der Waals surface area contributed by atoms with Crippen LogP contribution in [0, 0.1) is 0 Å². The number of piperidine rings is 1. The first-order valence-electron chi connectivity index (χ1n) is 9.23. The highest BCUT2D eigenvalue weighted by atomic mass is 16.2. The molecule has 0 radical (unpaired) electrons. The van der Waals surface area contributed by atoms with Crippen LogP contribution in [0.2, 0.25) is 0 Å². The predicted octanol–water partition coefficient (Wildman–Crippen LogP) is 5.03. The van der Waals surface area contributed by atoms with Gasteiger partial charge in [-0.3, -0.25) is 4.79 Å². The number of hydrogen-bond acceptors (Lipinski definition) is 2. The lowest BCUT2D eigenvalue weighted by Gasteiger charge is -2.27. The van der Waals surface area contributed by atoms with Gasteiger partial charge in [0, 0.05) is 18.5 Å². The van der Waals surface area contributed by atoms with Crippen molar-refractivity contribution in [3.05, 3.63) is 77.5 Å². The molecular weight excluding hydrogens is 320 g/mol. The van der Waals surface area contributed by atoms with Gasteiger partial charge < -0.3 is 4.90 Å². The summed E-state index contributed by atoms with van der Waals surface area (Å²) < 4.78 is 0. The molecule has 1 aromatic heterocycles. The van der Waals surface area contributed by atoms with Crippen LogP contribution in [0.15, 0.2) is 60.7 Å². The van der Waals surface area contributed by atoms with Crippen LogP contribution in [0.4, 0.5) is 0 Å². The Hall–Kier alpha value is -2.94. The molecule has 0 aliphatic carbocycles. The Kier molecular flexibility index (Phi) is 4.78. The average Bonchev–Trinajstić information content (AvgIpc) is 2.72. The molecule has 0 spiro atoms. The summed E-state index contributed by atoms with van der Waals surface area (Å²) in [5, 5.41) is 0.930. The Morgan fingerprint density at radius 3 is 2.42 bits per heavy atom. The lowest BCUT2D eigenvalue weighted by molar-refractivity contribution is 0.0726. The number of carbonyl (C=O) groups excluding carboxylic acids is 1. The Bertz CT molecular complexity index is 941. The number of amides is 1. The SMILES string of the molecule is O=C(c1cc(/C=C/c2ccccc2)nc2ccccc12)N1CCCCC1. The highest BCUT2D eigenvalue weighted by Crippen LogP contribution is 2.23. The quantitative estimate of drug-likeness (QED) is 0.669. The van der Waals surface area contributed by atoms with Gasteiger partial charge in [0.1, 0.15) is 0 Å². The molecule has 0 N–H and O–H groups in total. The lowest BCUT2D eigenvalue weighted by Crippen LogP contribution is -2.35. The standard InChI is InChI=1S/C23H22N2O/c26-23(25-15-7-2-8-16-25)21-17-19(14-13-18-9-3-1-4-10-18)24-22-12-6-5-11-20(21)22/h1,3-6,9-14,17H,2,7-8,15-16H2/b14-13+. The van der Waals surface area contributed by atoms with Crippen molar-refractivity contribution in [1.82, 2.24) is 9.88 Å². The molecule has 0 bridgehead atoms. The minimum absolute atomic E-state index is 0.123. The van der Waals surface area contributed by atoms with Gasteiger partial charge in [-0.25, -0.2) is 4.98 Å². The third-order valence-electron chi connectivity index (χ3n) is 4.86. The number of para-hydroxylation sites is 1. The highest BCUT2D eigenvalue weighted by Gasteiger charge is 2.20. The van der Waals surface area contributed by atoms with Crippen LogP contribution in [-0.4, -0.2) is 28.9 Å². The van der Waals surface area contributed by atoms with E-state index in [4.69, 9.17) is 4.98 Å². The number of pyridine rings is 1. The van der Waals surface area contributed by atoms with Crippen molar-refractivity contribution >= 4 is 29.0 Å². The van der Waals surface area contributed by atoms with Crippen LogP contribution in [0.25, 0.3) is 23.1 Å². The molecule has 3 aromatic rings. The zero-order valence-corrected chi connectivity index (χ0v) is 14.8. The number of nitrogens with zero attached hydrogens (tertiary/aromatic N) is 2. The maximum Gasteiger partial charge on any atom is 0.254 e. The molecule has 1 aliphatic heterocycles. The van der Waals surface area contributed by atoms with Gasteiger partial charge in [0.2, 0.25) is 0 Å². The molecule has 26 heavy (non-hydrogen) atoms. The van der Waals surface area contributed by atoms with Crippen molar-refractivity contribution in [2.24, 2.45) is 0 Å². The van der Waals surface area contributed by atoms with Crippen molar-refractivity contribution < 1.29 is 4.79 Å². The average molecular weight is 342 g/mol. The lowest BCUT2D eigenvalue weighted by atomic mass is 10.0. The third-order valence-corrected chi connectivity index (χ3v) is 4.86. The molecule has 2 aromatic carbocycles. The zero-order valence-electron chi connectivity index (χ0n) is 14.8. The van der Waals surface area contributed by atoms with Gasteiger partial charge >= 0.3 is 0 Å². The summed E-state index contributed by atoms with van der Waals surface area (Å²) in [6.45, 7) is 1.70. The summed E-state index contributed by atoms with van der Waals surface area (Å²) in [5.74, 6) is 0.123. The summed E-state index contributed by atoms with van der Waals surface area (Å²) in [5.41, 5.74) is 3.55. The van der Waals surface area contributed by atoms with Crippen LogP contribution in [0.5, 0.6) is 0 Å². The van der Waals surface area contributed by atoms with E-state index in [2.05, 4.69) is 12.1 Å². The molecule has 130 valence electrons. The van der Waals surface area contributed by atoms with E-state index in [9.17, 15) is 4.79 Å². The molecule has 1 amide bonds. The van der Waals surface area contributed by atoms with E-state index in [-0.39, 0.29) is 5.91 Å². The summed E-state index contributed by atoms with van der Waals surface area (Å²) in [6.07, 6.45) is 7.41. The van der Waals surface area contributed by atoms with Gasteiger partial charge in [-0.15, -0.1) is 0 Å². The Morgan fingerprint density at radius 2 is 1.62 bits per heavy atom. The highest BCUT2D eigenvalue weighted by molar-refractivity contribution is 6.06. The topological polar surface area (TPSA) is 33.2 Å². The fourth-order valence-corrected chi connectivity index (χ4v) is 3.47. The molecule has 0 unspecified atom stereocenters. The zero-order chi connectivity index (χ0) is 17.8. The van der Waals surface area contributed by atoms with E-state index in [0.29, 0.717) is 0 Å². The molecule has 1 saturated heterocycles. The molecule has 0 atom stereocenters. The van der Waals surface area contributed by atoms with E-state index in [1.807, 2.05) is 65.6 Å². The number of aromatic nitrogens is 1. The molecule has 3 nitrogen and oxygen atoms in total. The number of benzene rings is 2. The summed E-state index contributed by atoms with van der Waals surface area (Å²) in [6, 6.07) is 20.0.